The van der Waals surface area contributed by atoms with E-state index in [4.69, 9.17) is 13.9 Å². The summed E-state index contributed by atoms with van der Waals surface area (Å²) >= 11 is 0. The van der Waals surface area contributed by atoms with Crippen LogP contribution in [0.5, 0.6) is 23.0 Å². The molecule has 1 aliphatic heterocycles. The molecule has 2 heterocycles. The normalized spacial score (nSPS) is 24.0. The number of benzene rings is 2. The topological polar surface area (TPSA) is 211 Å². The van der Waals surface area contributed by atoms with Crippen LogP contribution in [0.2, 0.25) is 0 Å². The number of hydrogen-bond donors (Lipinski definition) is 8. The maximum Gasteiger partial charge on any atom is 0.238 e. The number of fused-ring (bicyclic) bond motifs is 1. The largest absolute Gasteiger partial charge is 0.508 e. The van der Waals surface area contributed by atoms with Crippen molar-refractivity contribution in [3.63, 3.8) is 0 Å². The molecular weight excluding hydrogens is 504 g/mol. The molecule has 0 bridgehead atoms. The number of aromatic hydroxyl groups is 3. The molecule has 0 aliphatic carbocycles. The van der Waals surface area contributed by atoms with Gasteiger partial charge in [-0.3, -0.25) is 4.79 Å². The number of aliphatic hydroxyl groups excluding tert-OH is 4. The minimum atomic E-state index is -1.76. The van der Waals surface area contributed by atoms with Crippen molar-refractivity contribution in [2.24, 2.45) is 0 Å². The van der Waals surface area contributed by atoms with E-state index in [9.17, 15) is 45.6 Å². The Kier molecular flexibility index (Phi) is 7.57. The van der Waals surface area contributed by atoms with Crippen molar-refractivity contribution in [2.75, 3.05) is 6.61 Å². The highest BCUT2D eigenvalue weighted by Gasteiger charge is 2.45. The average molecular weight is 535 g/mol. The molecule has 3 aromatic rings. The van der Waals surface area contributed by atoms with Gasteiger partial charge in [0.2, 0.25) is 17.5 Å². The minimum absolute atomic E-state index is 0.0145. The number of phenolic OH excluding ortho intramolecular Hbond substituents is 2. The predicted molar refractivity (Wildman–Crippen MR) is 132 cm³/mol. The number of ether oxygens (including phenoxy) is 2. The number of phenols is 2. The summed E-state index contributed by atoms with van der Waals surface area (Å²) in [6, 6.07) is 6.68. The third-order valence-corrected chi connectivity index (χ3v) is 6.41. The van der Waals surface area contributed by atoms with Gasteiger partial charge >= 0.3 is 0 Å². The van der Waals surface area contributed by atoms with Crippen LogP contribution in [0.15, 0.2) is 39.5 Å². The second kappa shape index (κ2) is 10.4. The van der Waals surface area contributed by atoms with E-state index in [0.29, 0.717) is 0 Å². The van der Waals surface area contributed by atoms with Crippen molar-refractivity contribution >= 4 is 11.0 Å². The first-order chi connectivity index (χ1) is 17.8. The predicted octanol–water partition coefficient (Wildman–Crippen LogP) is 0.459. The van der Waals surface area contributed by atoms with E-state index in [-0.39, 0.29) is 52.2 Å². The van der Waals surface area contributed by atoms with Gasteiger partial charge in [-0.1, -0.05) is 0 Å². The molecule has 38 heavy (non-hydrogen) atoms. The fraction of sp³-hybridized carbons (Fsp3) is 0.423. The van der Waals surface area contributed by atoms with Crippen LogP contribution in [0.1, 0.15) is 25.8 Å². The van der Waals surface area contributed by atoms with Gasteiger partial charge in [0.05, 0.1) is 12.2 Å². The van der Waals surface area contributed by atoms with E-state index >= 15 is 0 Å². The number of aliphatic hydroxyl groups is 5. The standard InChI is InChI=1S/C26H30O12/c1-26(2,35)8-7-13-14(37-25-23(34)21(32)19(30)16(10-27)38-25)9-15-17(18(13)29)20(31)22(33)24(36-15)11-3-5-12(28)6-4-11/h3-6,9,16,19,21,23,25,27-30,32-35H,7-8,10H2,1-2H3. The van der Waals surface area contributed by atoms with Crippen molar-refractivity contribution in [1.29, 1.82) is 0 Å². The monoisotopic (exact) mass is 534 g/mol. The van der Waals surface area contributed by atoms with E-state index in [2.05, 4.69) is 0 Å². The van der Waals surface area contributed by atoms with Gasteiger partial charge in [-0.2, -0.15) is 0 Å². The van der Waals surface area contributed by atoms with Crippen molar-refractivity contribution < 1.29 is 54.7 Å². The summed E-state index contributed by atoms with van der Waals surface area (Å²) < 4.78 is 17.0. The fourth-order valence-electron chi connectivity index (χ4n) is 4.22. The third kappa shape index (κ3) is 5.27. The molecule has 12 nitrogen and oxygen atoms in total. The van der Waals surface area contributed by atoms with Crippen molar-refractivity contribution in [3.8, 4) is 34.3 Å². The van der Waals surface area contributed by atoms with Gasteiger partial charge in [-0.15, -0.1) is 0 Å². The molecule has 5 atom stereocenters. The molecule has 1 fully saturated rings. The lowest BCUT2D eigenvalue weighted by Crippen LogP contribution is -2.60. The van der Waals surface area contributed by atoms with Crippen LogP contribution in [0, 0.1) is 0 Å². The fourth-order valence-corrected chi connectivity index (χ4v) is 4.22. The van der Waals surface area contributed by atoms with E-state index in [0.717, 1.165) is 0 Å². The van der Waals surface area contributed by atoms with E-state index in [1.807, 2.05) is 0 Å². The van der Waals surface area contributed by atoms with Crippen LogP contribution in [0.3, 0.4) is 0 Å². The maximum absolute atomic E-state index is 13.1. The van der Waals surface area contributed by atoms with Crippen LogP contribution in [0.25, 0.3) is 22.3 Å². The van der Waals surface area contributed by atoms with Crippen molar-refractivity contribution in [1.82, 2.24) is 0 Å². The smallest absolute Gasteiger partial charge is 0.238 e. The summed E-state index contributed by atoms with van der Waals surface area (Å²) in [4.78, 5) is 13.1. The Balaban J connectivity index is 1.87. The quantitative estimate of drug-likeness (QED) is 0.208. The van der Waals surface area contributed by atoms with Gasteiger partial charge in [-0.05, 0) is 51.0 Å². The number of rotatable bonds is 7. The van der Waals surface area contributed by atoms with Gasteiger partial charge in [0, 0.05) is 17.2 Å². The molecule has 206 valence electrons. The Hall–Kier alpha value is -3.39. The lowest BCUT2D eigenvalue weighted by atomic mass is 9.96. The molecule has 12 heteroatoms. The average Bonchev–Trinajstić information content (AvgIpc) is 2.86. The first-order valence-electron chi connectivity index (χ1n) is 11.9. The molecule has 1 saturated heterocycles. The van der Waals surface area contributed by atoms with Crippen LogP contribution in [-0.2, 0) is 11.2 Å². The molecule has 0 amide bonds. The molecule has 1 aliphatic rings. The third-order valence-electron chi connectivity index (χ3n) is 6.41. The Bertz CT molecular complexity index is 1360. The summed E-state index contributed by atoms with van der Waals surface area (Å²) in [5, 5.41) is 81.3. The van der Waals surface area contributed by atoms with Gasteiger partial charge in [0.25, 0.3) is 0 Å². The van der Waals surface area contributed by atoms with E-state index in [1.165, 1.54) is 44.2 Å². The first-order valence-corrected chi connectivity index (χ1v) is 11.9. The summed E-state index contributed by atoms with van der Waals surface area (Å²) in [7, 11) is 0. The maximum atomic E-state index is 13.1. The van der Waals surface area contributed by atoms with E-state index < -0.39 is 59.8 Å². The van der Waals surface area contributed by atoms with Crippen molar-refractivity contribution in [2.45, 2.75) is 63.0 Å². The zero-order chi connectivity index (χ0) is 27.9. The molecular formula is C26H30O12. The Morgan fingerprint density at radius 3 is 2.24 bits per heavy atom. The summed E-state index contributed by atoms with van der Waals surface area (Å²) in [5.41, 5.74) is -2.07. The first kappa shape index (κ1) is 27.6. The zero-order valence-electron chi connectivity index (χ0n) is 20.6. The SMILES string of the molecule is CC(C)(O)CCc1c(OC2OC(CO)C(O)C(O)C2O)cc2oc(-c3ccc(O)cc3)c(O)c(=O)c2c1O. The molecule has 4 rings (SSSR count). The minimum Gasteiger partial charge on any atom is -0.508 e. The highest BCUT2D eigenvalue weighted by Crippen LogP contribution is 2.41. The zero-order valence-corrected chi connectivity index (χ0v) is 20.6. The Morgan fingerprint density at radius 2 is 1.63 bits per heavy atom. The number of hydrogen-bond acceptors (Lipinski definition) is 12. The molecule has 0 radical (unpaired) electrons. The van der Waals surface area contributed by atoms with Gasteiger partial charge < -0.3 is 54.7 Å². The van der Waals surface area contributed by atoms with Crippen LogP contribution >= 0.6 is 0 Å². The Morgan fingerprint density at radius 1 is 0.974 bits per heavy atom. The van der Waals surface area contributed by atoms with Gasteiger partial charge in [0.1, 0.15) is 52.6 Å². The molecule has 0 saturated carbocycles. The second-order valence-electron chi connectivity index (χ2n) is 9.86. The molecule has 0 spiro atoms. The van der Waals surface area contributed by atoms with Gasteiger partial charge in [0.15, 0.2) is 5.76 Å². The molecule has 8 N–H and O–H groups in total. The van der Waals surface area contributed by atoms with Crippen LogP contribution in [0.4, 0.5) is 0 Å². The Labute approximate surface area is 216 Å². The molecule has 5 unspecified atom stereocenters. The van der Waals surface area contributed by atoms with Crippen LogP contribution < -0.4 is 10.2 Å². The van der Waals surface area contributed by atoms with Crippen LogP contribution in [-0.4, -0.2) is 83.8 Å². The lowest BCUT2D eigenvalue weighted by molar-refractivity contribution is -0.277. The second-order valence-corrected chi connectivity index (χ2v) is 9.86. The summed E-state index contributed by atoms with van der Waals surface area (Å²) in [5.74, 6) is -1.83. The molecule has 2 aromatic carbocycles. The van der Waals surface area contributed by atoms with Crippen molar-refractivity contribution in [3.05, 3.63) is 46.1 Å². The summed E-state index contributed by atoms with van der Waals surface area (Å²) in [6.07, 6.45) is -7.91. The summed E-state index contributed by atoms with van der Waals surface area (Å²) in [6.45, 7) is 2.38. The lowest BCUT2D eigenvalue weighted by Gasteiger charge is -2.39. The van der Waals surface area contributed by atoms with Gasteiger partial charge in [-0.25, -0.2) is 0 Å². The van der Waals surface area contributed by atoms with E-state index in [1.54, 1.807) is 0 Å². The highest BCUT2D eigenvalue weighted by atomic mass is 16.7. The molecule has 1 aromatic heterocycles. The highest BCUT2D eigenvalue weighted by molar-refractivity contribution is 5.90.